The summed E-state index contributed by atoms with van der Waals surface area (Å²) in [5.74, 6) is -1.06. The standard InChI is InChI=1S/C16H20FN5O4S/c1-16(2,27(24,25)9-10-4-5-10)14(23)18-15-19-21-22(20-15)13-7-6-11(26-3)8-12(13)17/h6-8,10H,4-5,9H2,1-3H3,(H,18,20,23)/p+1. The number of benzene rings is 1. The van der Waals surface area contributed by atoms with Crippen LogP contribution in [0.4, 0.5) is 10.3 Å². The van der Waals surface area contributed by atoms with Crippen molar-refractivity contribution in [1.29, 1.82) is 0 Å². The summed E-state index contributed by atoms with van der Waals surface area (Å²) in [5, 5.41) is 12.6. The topological polar surface area (TPSA) is 118 Å². The number of hydrogen-bond acceptors (Lipinski definition) is 6. The molecule has 0 spiro atoms. The fraction of sp³-hybridized carbons (Fsp3) is 0.500. The first-order chi connectivity index (χ1) is 12.6. The van der Waals surface area contributed by atoms with Gasteiger partial charge in [0.25, 0.3) is 0 Å². The van der Waals surface area contributed by atoms with E-state index in [-0.39, 0.29) is 23.3 Å². The van der Waals surface area contributed by atoms with Crippen molar-refractivity contribution < 1.29 is 27.1 Å². The molecule has 3 rings (SSSR count). The number of carbonyl (C=O) groups excluding carboxylic acids is 1. The van der Waals surface area contributed by atoms with Crippen molar-refractivity contribution >= 4 is 21.7 Å². The Kier molecular flexibility index (Phi) is 4.89. The predicted octanol–water partition coefficient (Wildman–Crippen LogP) is 0.771. The monoisotopic (exact) mass is 398 g/mol. The first-order valence-corrected chi connectivity index (χ1v) is 10.0. The number of tetrazole rings is 1. The van der Waals surface area contributed by atoms with Crippen LogP contribution < -0.4 is 14.9 Å². The molecule has 1 aromatic carbocycles. The van der Waals surface area contributed by atoms with Gasteiger partial charge in [0, 0.05) is 11.2 Å². The maximum absolute atomic E-state index is 14.1. The SMILES string of the molecule is COc1ccc(-[n+]2nc(NC(=O)C(C)(C)S(=O)(=O)CC3CC3)n[nH]2)c(F)c1. The zero-order valence-electron chi connectivity index (χ0n) is 15.2. The van der Waals surface area contributed by atoms with Gasteiger partial charge in [0.05, 0.1) is 18.0 Å². The van der Waals surface area contributed by atoms with Gasteiger partial charge in [0.1, 0.15) is 10.5 Å². The Morgan fingerprint density at radius 1 is 1.44 bits per heavy atom. The van der Waals surface area contributed by atoms with Crippen molar-refractivity contribution in [3.05, 3.63) is 24.0 Å². The first kappa shape index (κ1) is 19.2. The number of carbonyl (C=O) groups is 1. The molecule has 0 unspecified atom stereocenters. The van der Waals surface area contributed by atoms with E-state index in [9.17, 15) is 17.6 Å². The number of ether oxygens (including phenoxy) is 1. The van der Waals surface area contributed by atoms with Gasteiger partial charge in [-0.15, -0.1) is 0 Å². The predicted molar refractivity (Wildman–Crippen MR) is 93.6 cm³/mol. The van der Waals surface area contributed by atoms with E-state index in [1.807, 2.05) is 0 Å². The number of rotatable bonds is 7. The lowest BCUT2D eigenvalue weighted by Gasteiger charge is -2.22. The van der Waals surface area contributed by atoms with Crippen LogP contribution in [-0.4, -0.2) is 47.3 Å². The molecule has 27 heavy (non-hydrogen) atoms. The van der Waals surface area contributed by atoms with Gasteiger partial charge >= 0.3 is 5.95 Å². The van der Waals surface area contributed by atoms with Crippen LogP contribution in [0.1, 0.15) is 26.7 Å². The minimum atomic E-state index is -3.63. The molecule has 9 nitrogen and oxygen atoms in total. The number of hydrogen-bond donors (Lipinski definition) is 2. The number of sulfone groups is 1. The molecular weight excluding hydrogens is 377 g/mol. The second-order valence-electron chi connectivity index (χ2n) is 6.95. The summed E-state index contributed by atoms with van der Waals surface area (Å²) in [6.45, 7) is 2.70. The first-order valence-electron chi connectivity index (χ1n) is 8.36. The molecule has 11 heteroatoms. The van der Waals surface area contributed by atoms with Crippen LogP contribution in [0.15, 0.2) is 18.2 Å². The summed E-state index contributed by atoms with van der Waals surface area (Å²) in [6.07, 6.45) is 1.73. The Morgan fingerprint density at radius 2 is 2.15 bits per heavy atom. The minimum Gasteiger partial charge on any atom is -0.497 e. The number of nitrogens with zero attached hydrogens (tertiary/aromatic N) is 3. The molecule has 0 aliphatic heterocycles. The summed E-state index contributed by atoms with van der Waals surface area (Å²) in [6, 6.07) is 4.14. The van der Waals surface area contributed by atoms with Gasteiger partial charge < -0.3 is 4.74 Å². The lowest BCUT2D eigenvalue weighted by atomic mass is 10.2. The molecule has 1 fully saturated rings. The van der Waals surface area contributed by atoms with Crippen molar-refractivity contribution in [2.75, 3.05) is 18.2 Å². The molecule has 1 saturated carbocycles. The molecule has 0 radical (unpaired) electrons. The van der Waals surface area contributed by atoms with Crippen LogP contribution in [0.25, 0.3) is 5.69 Å². The number of H-pyrrole nitrogens is 1. The molecule has 1 aromatic heterocycles. The molecule has 1 heterocycles. The highest BCUT2D eigenvalue weighted by atomic mass is 32.2. The van der Waals surface area contributed by atoms with Crippen LogP contribution in [0.5, 0.6) is 5.75 Å². The maximum Gasteiger partial charge on any atom is 0.408 e. The van der Waals surface area contributed by atoms with Crippen LogP contribution >= 0.6 is 0 Å². The highest BCUT2D eigenvalue weighted by molar-refractivity contribution is 7.93. The quantitative estimate of drug-likeness (QED) is 0.665. The summed E-state index contributed by atoms with van der Waals surface area (Å²) in [5.41, 5.74) is 0.0596. The van der Waals surface area contributed by atoms with E-state index in [0.29, 0.717) is 5.75 Å². The number of anilines is 1. The zero-order valence-corrected chi connectivity index (χ0v) is 16.0. The van der Waals surface area contributed by atoms with Crippen LogP contribution in [0, 0.1) is 11.7 Å². The Morgan fingerprint density at radius 3 is 2.74 bits per heavy atom. The fourth-order valence-electron chi connectivity index (χ4n) is 2.38. The van der Waals surface area contributed by atoms with Gasteiger partial charge in [-0.25, -0.2) is 12.8 Å². The minimum absolute atomic E-state index is 0.0154. The average Bonchev–Trinajstić information content (AvgIpc) is 3.29. The molecule has 2 N–H and O–H groups in total. The molecule has 1 aliphatic carbocycles. The summed E-state index contributed by atoms with van der Waals surface area (Å²) in [7, 11) is -2.21. The second-order valence-corrected chi connectivity index (χ2v) is 9.54. The van der Waals surface area contributed by atoms with Crippen LogP contribution in [-0.2, 0) is 14.6 Å². The molecule has 0 atom stereocenters. The van der Waals surface area contributed by atoms with Gasteiger partial charge in [-0.2, -0.15) is 0 Å². The van der Waals surface area contributed by atoms with E-state index in [1.54, 1.807) is 6.07 Å². The third-order valence-corrected chi connectivity index (χ3v) is 7.18. The maximum atomic E-state index is 14.1. The van der Waals surface area contributed by atoms with Crippen molar-refractivity contribution in [3.63, 3.8) is 0 Å². The molecule has 0 saturated heterocycles. The Hall–Kier alpha value is -2.56. The van der Waals surface area contributed by atoms with Crippen LogP contribution in [0.2, 0.25) is 0 Å². The van der Waals surface area contributed by atoms with E-state index in [0.717, 1.165) is 17.6 Å². The number of amides is 1. The van der Waals surface area contributed by atoms with Gasteiger partial charge in [0.15, 0.2) is 15.7 Å². The van der Waals surface area contributed by atoms with Gasteiger partial charge in [0.2, 0.25) is 11.6 Å². The van der Waals surface area contributed by atoms with E-state index in [4.69, 9.17) is 4.74 Å². The summed E-state index contributed by atoms with van der Waals surface area (Å²) < 4.78 is 42.4. The smallest absolute Gasteiger partial charge is 0.408 e. The largest absolute Gasteiger partial charge is 0.497 e. The third-order valence-electron chi connectivity index (χ3n) is 4.53. The lowest BCUT2D eigenvalue weighted by molar-refractivity contribution is -0.717. The molecule has 2 aromatic rings. The van der Waals surface area contributed by atoms with Gasteiger partial charge in [-0.3, -0.25) is 10.1 Å². The Labute approximate surface area is 155 Å². The molecular formula is C16H21FN5O4S+. The molecule has 1 aliphatic rings. The fourth-order valence-corrected chi connectivity index (χ4v) is 4.08. The van der Waals surface area contributed by atoms with Gasteiger partial charge in [-0.05, 0) is 54.7 Å². The molecule has 1 amide bonds. The number of aromatic nitrogens is 4. The molecule has 0 bridgehead atoms. The highest BCUT2D eigenvalue weighted by Crippen LogP contribution is 2.33. The number of nitrogens with one attached hydrogen (secondary N) is 2. The normalized spacial score (nSPS) is 14.8. The van der Waals surface area contributed by atoms with Crippen molar-refractivity contribution in [1.82, 2.24) is 15.4 Å². The van der Waals surface area contributed by atoms with E-state index in [1.165, 1.54) is 33.1 Å². The summed E-state index contributed by atoms with van der Waals surface area (Å²) in [4.78, 5) is 13.5. The van der Waals surface area contributed by atoms with Crippen molar-refractivity contribution in [2.45, 2.75) is 31.4 Å². The number of aromatic amines is 1. The lowest BCUT2D eigenvalue weighted by Crippen LogP contribution is -2.46. The number of halogens is 1. The Bertz CT molecular complexity index is 969. The second kappa shape index (κ2) is 6.87. The Balaban J connectivity index is 1.76. The van der Waals surface area contributed by atoms with Crippen molar-refractivity contribution in [3.8, 4) is 11.4 Å². The summed E-state index contributed by atoms with van der Waals surface area (Å²) >= 11 is 0. The number of methoxy groups -OCH3 is 1. The van der Waals surface area contributed by atoms with E-state index >= 15 is 0 Å². The third kappa shape index (κ3) is 3.92. The van der Waals surface area contributed by atoms with Crippen LogP contribution in [0.3, 0.4) is 0 Å². The van der Waals surface area contributed by atoms with E-state index in [2.05, 4.69) is 20.7 Å². The van der Waals surface area contributed by atoms with Gasteiger partial charge in [-0.1, -0.05) is 0 Å². The average molecular weight is 398 g/mol. The van der Waals surface area contributed by atoms with Crippen molar-refractivity contribution in [2.24, 2.45) is 5.92 Å². The molecule has 146 valence electrons. The van der Waals surface area contributed by atoms with E-state index < -0.39 is 26.3 Å². The highest BCUT2D eigenvalue weighted by Gasteiger charge is 2.45. The zero-order chi connectivity index (χ0) is 19.8.